The molecule has 4 aliphatic rings. The molecule has 4 heteroatoms. The van der Waals surface area contributed by atoms with Crippen LogP contribution in [-0.4, -0.2) is 0 Å². The Morgan fingerprint density at radius 1 is 0.184 bits per heavy atom. The highest BCUT2D eigenvalue weighted by Crippen LogP contribution is 2.59. The van der Waals surface area contributed by atoms with E-state index in [0.29, 0.717) is 0 Å². The third-order valence-electron chi connectivity index (χ3n) is 31.4. The third-order valence-corrected chi connectivity index (χ3v) is 31.4. The van der Waals surface area contributed by atoms with Gasteiger partial charge in [0.1, 0.15) is 0 Å². The number of benzene rings is 14. The minimum atomic E-state index is -0.132. The van der Waals surface area contributed by atoms with E-state index in [1.165, 1.54) is 327 Å². The van der Waals surface area contributed by atoms with E-state index in [4.69, 9.17) is 0 Å². The molecule has 0 saturated heterocycles. The number of unbranched alkanes of at least 4 members (excludes halogenated alkanes) is 22. The van der Waals surface area contributed by atoms with Crippen LogP contribution in [0.4, 0.5) is 68.2 Å². The molecule has 0 spiro atoms. The van der Waals surface area contributed by atoms with Gasteiger partial charge in [-0.2, -0.15) is 0 Å². The second kappa shape index (κ2) is 45.1. The van der Waals surface area contributed by atoms with Gasteiger partial charge in [-0.1, -0.05) is 359 Å². The Labute approximate surface area is 818 Å². The van der Waals surface area contributed by atoms with Crippen LogP contribution in [0.3, 0.4) is 0 Å². The molecule has 4 aliphatic carbocycles. The maximum atomic E-state index is 2.66. The van der Waals surface area contributed by atoms with Gasteiger partial charge in [-0.25, -0.2) is 0 Å². The van der Waals surface area contributed by atoms with Crippen molar-refractivity contribution >= 4 is 68.2 Å². The summed E-state index contributed by atoms with van der Waals surface area (Å²) in [5.41, 5.74) is 44.7. The number of rotatable bonds is 49. The molecule has 18 rings (SSSR count). The number of hydrogen-bond donors (Lipinski definition) is 0. The van der Waals surface area contributed by atoms with Crippen molar-refractivity contribution in [2.45, 2.75) is 310 Å². The zero-order chi connectivity index (χ0) is 93.2. The molecule has 0 unspecified atom stereocenters. The monoisotopic (exact) mass is 1790 g/mol. The van der Waals surface area contributed by atoms with Crippen LogP contribution in [0.5, 0.6) is 0 Å². The van der Waals surface area contributed by atoms with Crippen LogP contribution in [0.2, 0.25) is 0 Å². The Hall–Kier alpha value is -11.7. The fraction of sp³-hybridized carbons (Fsp3) is 0.364. The van der Waals surface area contributed by atoms with Gasteiger partial charge in [0.2, 0.25) is 0 Å². The van der Waals surface area contributed by atoms with Gasteiger partial charge in [-0.15, -0.1) is 0 Å². The van der Waals surface area contributed by atoms with Crippen molar-refractivity contribution in [2.75, 3.05) is 19.6 Å². The smallest absolute Gasteiger partial charge is 0.0464 e. The molecule has 0 heterocycles. The largest absolute Gasteiger partial charge is 0.311 e. The molecule has 0 atom stereocenters. The third kappa shape index (κ3) is 21.1. The number of aryl methyl sites for hydroxylation is 8. The first kappa shape index (κ1) is 94.6. The fourth-order valence-electron chi connectivity index (χ4n) is 23.2. The Morgan fingerprint density at radius 2 is 0.404 bits per heavy atom. The van der Waals surface area contributed by atoms with Gasteiger partial charge >= 0.3 is 0 Å². The van der Waals surface area contributed by atoms with Crippen molar-refractivity contribution in [2.24, 2.45) is 0 Å². The predicted molar refractivity (Wildman–Crippen MR) is 587 cm³/mol. The molecular weight excluding hydrogens is 1640 g/mol. The molecule has 0 amide bonds. The summed E-state index contributed by atoms with van der Waals surface area (Å²) in [6.07, 6.45) is 47.3. The molecule has 14 aromatic carbocycles. The van der Waals surface area contributed by atoms with Crippen LogP contribution < -0.4 is 19.6 Å². The molecule has 14 aromatic rings. The van der Waals surface area contributed by atoms with E-state index in [9.17, 15) is 0 Å². The number of fused-ring (bicyclic) bond motifs is 8. The highest BCUT2D eigenvalue weighted by atomic mass is 15.2. The first-order chi connectivity index (χ1) is 66.9. The minimum absolute atomic E-state index is 0.0178. The summed E-state index contributed by atoms with van der Waals surface area (Å²) in [5.74, 6) is 0. The lowest BCUT2D eigenvalue weighted by molar-refractivity contribution is 0.398. The second-order valence-corrected chi connectivity index (χ2v) is 40.9. The first-order valence-corrected chi connectivity index (χ1v) is 53.7. The van der Waals surface area contributed by atoms with Crippen LogP contribution in [0, 0.1) is 13.8 Å². The van der Waals surface area contributed by atoms with E-state index < -0.39 is 0 Å². The average Bonchev–Trinajstić information content (AvgIpc) is 1.62. The van der Waals surface area contributed by atoms with Gasteiger partial charge < -0.3 is 19.6 Å². The molecular formula is C132H150N4. The van der Waals surface area contributed by atoms with Crippen molar-refractivity contribution in [3.63, 3.8) is 0 Å². The molecule has 0 aliphatic heterocycles. The second-order valence-electron chi connectivity index (χ2n) is 40.9. The van der Waals surface area contributed by atoms with E-state index in [0.717, 1.165) is 96.1 Å². The van der Waals surface area contributed by atoms with E-state index in [-0.39, 0.29) is 10.8 Å². The van der Waals surface area contributed by atoms with Crippen LogP contribution in [0.1, 0.15) is 314 Å². The number of nitrogens with zero attached hydrogens (tertiary/aromatic N) is 4. The van der Waals surface area contributed by atoms with E-state index in [1.807, 2.05) is 0 Å². The molecule has 0 saturated carbocycles. The molecule has 0 fully saturated rings. The lowest BCUT2D eigenvalue weighted by atomic mass is 9.70. The summed E-state index contributed by atoms with van der Waals surface area (Å²) in [6.45, 7) is 18.5. The zero-order valence-corrected chi connectivity index (χ0v) is 83.5. The van der Waals surface area contributed by atoms with Crippen molar-refractivity contribution in [1.82, 2.24) is 0 Å². The summed E-state index contributed by atoms with van der Waals surface area (Å²) < 4.78 is 0. The SMILES string of the molecule is CCCCCCCCC1(CCCCCCCC)c2cc(C)ccc2-c2ccc(-c3ccc(N(c4ccc(CCCC)cc4)c4ccc(N(c5ccc(CCCC)cc5)c5ccc(-c6ccc7c(c6)C(CCCCCCCC)(CCCCCCCC)c6cc(-c8ccc(N(c9ccc(N(c%10ccc(C)cc%10)c%10ccc%11c(c%10)CC%11)cc9)c9ccc%10c(c9)CC%10)cc8)ccc6-7)cc5)cc4)cc3)cc21. The van der Waals surface area contributed by atoms with E-state index in [2.05, 4.69) is 378 Å². The summed E-state index contributed by atoms with van der Waals surface area (Å²) in [6, 6.07) is 120. The average molecular weight is 1790 g/mol. The molecule has 0 radical (unpaired) electrons. The van der Waals surface area contributed by atoms with Gasteiger partial charge in [0.05, 0.1) is 0 Å². The Morgan fingerprint density at radius 3 is 0.684 bits per heavy atom. The Kier molecular flexibility index (Phi) is 31.3. The first-order valence-electron chi connectivity index (χ1n) is 53.7. The van der Waals surface area contributed by atoms with Crippen molar-refractivity contribution < 1.29 is 0 Å². The lowest BCUT2D eigenvalue weighted by Crippen LogP contribution is -2.25. The fourth-order valence-corrected chi connectivity index (χ4v) is 23.2. The van der Waals surface area contributed by atoms with Crippen LogP contribution in [0.25, 0.3) is 55.6 Å². The van der Waals surface area contributed by atoms with Crippen molar-refractivity contribution in [3.8, 4) is 55.6 Å². The molecule has 0 bridgehead atoms. The van der Waals surface area contributed by atoms with Crippen LogP contribution >= 0.6 is 0 Å². The standard InChI is InChI=1S/C132H150N4/c1-9-15-21-25-29-33-87-131(88-34-30-26-22-16-10-2)127-91-98(8)41-83-123(127)124-84-58-108(94-128(124)131)103-50-67-114(68-51-103)133(112-63-42-99(43-64-112)37-19-13-5)117-75-77-118(78-76-117)134(113-65-44-100(45-66-113)38-20-14-6)115-69-52-104(53-70-115)109-59-85-125-126-86-60-110(96-130(126)132(129(125)95-109,89-35-31-27-23-17-11-3)90-36-32-28-24-18-12-4)105-54-71-116(72-55-105)136(122-74-57-102-47-49-107(102)93-122)120-81-79-119(80-82-120)135(111-61-39-97(7)40-62-111)121-73-56-101-46-48-106(101)92-121/h39-45,50-86,91-96H,9-38,46-49,87-90H2,1-8H3. The van der Waals surface area contributed by atoms with Gasteiger partial charge in [0.15, 0.2) is 0 Å². The molecule has 698 valence electrons. The highest BCUT2D eigenvalue weighted by molar-refractivity contribution is 5.91. The van der Waals surface area contributed by atoms with E-state index in [1.54, 1.807) is 11.1 Å². The quantitative estimate of drug-likeness (QED) is 0.0352. The van der Waals surface area contributed by atoms with Crippen LogP contribution in [0.15, 0.2) is 303 Å². The van der Waals surface area contributed by atoms with Gasteiger partial charge in [0.25, 0.3) is 0 Å². The number of hydrogen-bond acceptors (Lipinski definition) is 4. The van der Waals surface area contributed by atoms with Crippen molar-refractivity contribution in [3.05, 3.63) is 370 Å². The Balaban J connectivity index is 0.659. The maximum Gasteiger partial charge on any atom is 0.0464 e. The summed E-state index contributed by atoms with van der Waals surface area (Å²) >= 11 is 0. The summed E-state index contributed by atoms with van der Waals surface area (Å²) in [7, 11) is 0. The molecule has 136 heavy (non-hydrogen) atoms. The number of anilines is 12. The van der Waals surface area contributed by atoms with Gasteiger partial charge in [0, 0.05) is 79.1 Å². The molecule has 4 nitrogen and oxygen atoms in total. The topological polar surface area (TPSA) is 13.0 Å². The lowest BCUT2D eigenvalue weighted by Gasteiger charge is -2.33. The van der Waals surface area contributed by atoms with Crippen LogP contribution in [-0.2, 0) is 49.4 Å². The van der Waals surface area contributed by atoms with E-state index >= 15 is 0 Å². The maximum absolute atomic E-state index is 2.66. The minimum Gasteiger partial charge on any atom is -0.311 e. The summed E-state index contributed by atoms with van der Waals surface area (Å²) in [5, 5.41) is 0. The molecule has 0 N–H and O–H groups in total. The zero-order valence-electron chi connectivity index (χ0n) is 83.5. The molecule has 0 aromatic heterocycles. The van der Waals surface area contributed by atoms with Gasteiger partial charge in [-0.05, 0) is 366 Å². The highest BCUT2D eigenvalue weighted by Gasteiger charge is 2.45. The predicted octanol–water partition coefficient (Wildman–Crippen LogP) is 39.6. The van der Waals surface area contributed by atoms with Gasteiger partial charge in [-0.3, -0.25) is 0 Å². The van der Waals surface area contributed by atoms with Crippen molar-refractivity contribution in [1.29, 1.82) is 0 Å². The summed E-state index contributed by atoms with van der Waals surface area (Å²) in [4.78, 5) is 9.88. The Bertz CT molecular complexity index is 6220. The normalized spacial score (nSPS) is 13.3.